The van der Waals surface area contributed by atoms with Crippen molar-refractivity contribution < 1.29 is 19.1 Å². The van der Waals surface area contributed by atoms with Gasteiger partial charge in [0.2, 0.25) is 0 Å². The van der Waals surface area contributed by atoms with Crippen LogP contribution < -0.4 is 5.32 Å². The van der Waals surface area contributed by atoms with Crippen LogP contribution in [0.1, 0.15) is 36.3 Å². The second kappa shape index (κ2) is 6.68. The maximum absolute atomic E-state index is 12.9. The molecular formula is C21H22N2O4. The van der Waals surface area contributed by atoms with Crippen LogP contribution in [0.4, 0.5) is 0 Å². The van der Waals surface area contributed by atoms with Gasteiger partial charge in [-0.25, -0.2) is 4.79 Å². The number of carbonyl (C=O) groups excluding carboxylic acids is 3. The molecule has 6 heteroatoms. The number of Topliss-reactive ketones (excluding diaryl/α,β-unsaturated/α-hetero) is 1. The molecule has 0 aromatic heterocycles. The number of nitrogens with one attached hydrogen (secondary N) is 1. The van der Waals surface area contributed by atoms with E-state index in [4.69, 9.17) is 4.74 Å². The van der Waals surface area contributed by atoms with E-state index in [1.165, 1.54) is 7.11 Å². The molecule has 0 saturated carbocycles. The lowest BCUT2D eigenvalue weighted by Crippen LogP contribution is -2.50. The normalized spacial score (nSPS) is 22.3. The van der Waals surface area contributed by atoms with E-state index in [0.29, 0.717) is 30.8 Å². The molecule has 6 nitrogen and oxygen atoms in total. The first-order chi connectivity index (χ1) is 13.0. The van der Waals surface area contributed by atoms with Gasteiger partial charge in [0.15, 0.2) is 5.78 Å². The van der Waals surface area contributed by atoms with Gasteiger partial charge < -0.3 is 15.0 Å². The molecule has 1 aromatic carbocycles. The van der Waals surface area contributed by atoms with Crippen LogP contribution in [0.2, 0.25) is 0 Å². The lowest BCUT2D eigenvalue weighted by molar-refractivity contribution is -0.137. The monoisotopic (exact) mass is 366 g/mol. The number of rotatable bonds is 2. The van der Waals surface area contributed by atoms with Crippen molar-refractivity contribution in [3.63, 3.8) is 0 Å². The fourth-order valence-corrected chi connectivity index (χ4v) is 4.29. The van der Waals surface area contributed by atoms with Crippen molar-refractivity contribution >= 4 is 17.7 Å². The minimum atomic E-state index is -0.573. The fourth-order valence-electron chi connectivity index (χ4n) is 4.29. The molecule has 0 spiro atoms. The minimum Gasteiger partial charge on any atom is -0.466 e. The number of allylic oxidation sites excluding steroid dienone is 2. The van der Waals surface area contributed by atoms with E-state index in [9.17, 15) is 14.4 Å². The summed E-state index contributed by atoms with van der Waals surface area (Å²) < 4.78 is 5.04. The third-order valence-corrected chi connectivity index (χ3v) is 5.51. The SMILES string of the molecule is COC(=O)C1=C2C(=O)NCCN2C2=C(C(=O)CCC2)[C@@H]1c1ccc(C)cc1. The molecule has 140 valence electrons. The molecular weight excluding hydrogens is 344 g/mol. The van der Waals surface area contributed by atoms with Gasteiger partial charge in [0.25, 0.3) is 5.91 Å². The number of piperazine rings is 1. The molecule has 4 rings (SSSR count). The molecule has 1 saturated heterocycles. The predicted octanol–water partition coefficient (Wildman–Crippen LogP) is 1.96. The van der Waals surface area contributed by atoms with Gasteiger partial charge in [0, 0.05) is 36.7 Å². The van der Waals surface area contributed by atoms with Crippen molar-refractivity contribution in [1.82, 2.24) is 10.2 Å². The van der Waals surface area contributed by atoms with Gasteiger partial charge in [-0.3, -0.25) is 9.59 Å². The molecule has 0 unspecified atom stereocenters. The zero-order valence-corrected chi connectivity index (χ0v) is 15.5. The molecule has 1 N–H and O–H groups in total. The van der Waals surface area contributed by atoms with Gasteiger partial charge in [0.05, 0.1) is 12.7 Å². The number of hydrogen-bond donors (Lipinski definition) is 1. The Bertz CT molecular complexity index is 895. The van der Waals surface area contributed by atoms with E-state index in [1.807, 2.05) is 36.1 Å². The lowest BCUT2D eigenvalue weighted by atomic mass is 9.74. The van der Waals surface area contributed by atoms with Gasteiger partial charge in [-0.15, -0.1) is 0 Å². The van der Waals surface area contributed by atoms with Crippen molar-refractivity contribution in [3.8, 4) is 0 Å². The number of amides is 1. The van der Waals surface area contributed by atoms with Gasteiger partial charge in [-0.2, -0.15) is 0 Å². The van der Waals surface area contributed by atoms with Crippen LogP contribution >= 0.6 is 0 Å². The van der Waals surface area contributed by atoms with Crippen LogP contribution in [-0.2, 0) is 19.1 Å². The maximum atomic E-state index is 12.9. The highest BCUT2D eigenvalue weighted by Crippen LogP contribution is 2.46. The third-order valence-electron chi connectivity index (χ3n) is 5.51. The molecule has 0 radical (unpaired) electrons. The molecule has 27 heavy (non-hydrogen) atoms. The fraction of sp³-hybridized carbons (Fsp3) is 0.381. The number of benzene rings is 1. The molecule has 1 atom stereocenters. The van der Waals surface area contributed by atoms with Crippen LogP contribution in [-0.4, -0.2) is 42.8 Å². The number of methoxy groups -OCH3 is 1. The van der Waals surface area contributed by atoms with Crippen LogP contribution in [0.25, 0.3) is 0 Å². The number of aryl methyl sites for hydroxylation is 1. The number of nitrogens with zero attached hydrogens (tertiary/aromatic N) is 1. The van der Waals surface area contributed by atoms with Gasteiger partial charge in [-0.05, 0) is 25.3 Å². The number of hydrogen-bond acceptors (Lipinski definition) is 5. The Hall–Kier alpha value is -2.89. The molecule has 0 bridgehead atoms. The molecule has 2 heterocycles. The molecule has 3 aliphatic rings. The second-order valence-corrected chi connectivity index (χ2v) is 7.14. The average Bonchev–Trinajstić information content (AvgIpc) is 2.68. The standard InChI is InChI=1S/C21H22N2O4/c1-12-6-8-13(9-7-12)16-17-14(4-3-5-15(17)24)23-11-10-22-20(25)19(23)18(16)21(26)27-2/h6-9,16H,3-5,10-11H2,1-2H3,(H,22,25)/t16-/m0/s1. The lowest BCUT2D eigenvalue weighted by Gasteiger charge is -2.43. The van der Waals surface area contributed by atoms with Crippen molar-refractivity contribution in [2.45, 2.75) is 32.1 Å². The summed E-state index contributed by atoms with van der Waals surface area (Å²) in [7, 11) is 1.31. The Balaban J connectivity index is 2.00. The van der Waals surface area contributed by atoms with Gasteiger partial charge in [0.1, 0.15) is 5.70 Å². The first kappa shape index (κ1) is 17.5. The highest BCUT2D eigenvalue weighted by molar-refractivity contribution is 6.09. The summed E-state index contributed by atoms with van der Waals surface area (Å²) in [5.41, 5.74) is 4.02. The smallest absolute Gasteiger partial charge is 0.337 e. The topological polar surface area (TPSA) is 75.7 Å². The van der Waals surface area contributed by atoms with E-state index in [1.54, 1.807) is 0 Å². The summed E-state index contributed by atoms with van der Waals surface area (Å²) in [5.74, 6) is -1.38. The predicted molar refractivity (Wildman–Crippen MR) is 98.6 cm³/mol. The summed E-state index contributed by atoms with van der Waals surface area (Å²) >= 11 is 0. The van der Waals surface area contributed by atoms with E-state index < -0.39 is 11.9 Å². The number of esters is 1. The van der Waals surface area contributed by atoms with E-state index in [0.717, 1.165) is 29.7 Å². The van der Waals surface area contributed by atoms with E-state index in [2.05, 4.69) is 5.32 Å². The third kappa shape index (κ3) is 2.76. The molecule has 2 aliphatic heterocycles. The van der Waals surface area contributed by atoms with Gasteiger partial charge in [-0.1, -0.05) is 29.8 Å². The summed E-state index contributed by atoms with van der Waals surface area (Å²) in [4.78, 5) is 40.3. The van der Waals surface area contributed by atoms with Crippen LogP contribution in [0.3, 0.4) is 0 Å². The molecule has 1 aromatic rings. The molecule has 1 fully saturated rings. The van der Waals surface area contributed by atoms with Crippen molar-refractivity contribution in [2.24, 2.45) is 0 Å². The van der Waals surface area contributed by atoms with Crippen molar-refractivity contribution in [2.75, 3.05) is 20.2 Å². The minimum absolute atomic E-state index is 0.0493. The zero-order valence-electron chi connectivity index (χ0n) is 15.5. The van der Waals surface area contributed by atoms with Crippen LogP contribution in [0.15, 0.2) is 46.8 Å². The summed E-state index contributed by atoms with van der Waals surface area (Å²) in [6.45, 7) is 3.02. The number of ether oxygens (including phenoxy) is 1. The quantitative estimate of drug-likeness (QED) is 0.810. The van der Waals surface area contributed by atoms with E-state index in [-0.39, 0.29) is 17.3 Å². The van der Waals surface area contributed by atoms with E-state index >= 15 is 0 Å². The highest BCUT2D eigenvalue weighted by atomic mass is 16.5. The zero-order chi connectivity index (χ0) is 19.1. The Morgan fingerprint density at radius 1 is 1.19 bits per heavy atom. The summed E-state index contributed by atoms with van der Waals surface area (Å²) in [6, 6.07) is 7.75. The van der Waals surface area contributed by atoms with Crippen molar-refractivity contribution in [1.29, 1.82) is 0 Å². The largest absolute Gasteiger partial charge is 0.466 e. The first-order valence-corrected chi connectivity index (χ1v) is 9.24. The summed E-state index contributed by atoms with van der Waals surface area (Å²) in [6.07, 6.45) is 1.96. The van der Waals surface area contributed by atoms with Gasteiger partial charge >= 0.3 is 5.97 Å². The average molecular weight is 366 g/mol. The number of ketones is 1. The first-order valence-electron chi connectivity index (χ1n) is 9.24. The Labute approximate surface area is 157 Å². The number of carbonyl (C=O) groups is 3. The Morgan fingerprint density at radius 3 is 2.63 bits per heavy atom. The molecule has 1 aliphatic carbocycles. The Kier molecular flexibility index (Phi) is 4.34. The molecule has 1 amide bonds. The second-order valence-electron chi connectivity index (χ2n) is 7.14. The van der Waals surface area contributed by atoms with Crippen LogP contribution in [0.5, 0.6) is 0 Å². The summed E-state index contributed by atoms with van der Waals surface area (Å²) in [5, 5.41) is 2.82. The maximum Gasteiger partial charge on any atom is 0.337 e. The number of fused-ring (bicyclic) bond motifs is 2. The van der Waals surface area contributed by atoms with Crippen molar-refractivity contribution in [3.05, 3.63) is 57.9 Å². The highest BCUT2D eigenvalue weighted by Gasteiger charge is 2.45. The van der Waals surface area contributed by atoms with Crippen LogP contribution in [0, 0.1) is 6.92 Å². The Morgan fingerprint density at radius 2 is 1.93 bits per heavy atom.